The maximum absolute atomic E-state index is 10.8. The summed E-state index contributed by atoms with van der Waals surface area (Å²) < 4.78 is 5.67. The molecular weight excluding hydrogens is 308 g/mol. The van der Waals surface area contributed by atoms with Crippen molar-refractivity contribution in [2.75, 3.05) is 12.3 Å². The Balaban J connectivity index is 1.92. The molecule has 0 aliphatic rings. The smallest absolute Gasteiger partial charge is 0.216 e. The normalized spacial score (nSPS) is 13.1. The lowest BCUT2D eigenvalue weighted by Gasteiger charge is -2.18. The van der Waals surface area contributed by atoms with Crippen LogP contribution in [0.1, 0.15) is 25.0 Å². The van der Waals surface area contributed by atoms with Gasteiger partial charge in [-0.05, 0) is 48.4 Å². The first kappa shape index (κ1) is 17.8. The summed E-state index contributed by atoms with van der Waals surface area (Å²) in [5.74, 6) is 1.11. The zero-order valence-corrected chi connectivity index (χ0v) is 13.5. The summed E-state index contributed by atoms with van der Waals surface area (Å²) >= 11 is 0. The van der Waals surface area contributed by atoms with E-state index in [-0.39, 0.29) is 12.3 Å². The van der Waals surface area contributed by atoms with Crippen molar-refractivity contribution in [3.05, 3.63) is 54.1 Å². The fourth-order valence-corrected chi connectivity index (χ4v) is 2.18. The molecule has 5 N–H and O–H groups in total. The first-order valence-corrected chi connectivity index (χ1v) is 7.69. The Hall–Kier alpha value is -2.57. The maximum Gasteiger partial charge on any atom is 0.216 e. The summed E-state index contributed by atoms with van der Waals surface area (Å²) in [5, 5.41) is 22.7. The summed E-state index contributed by atoms with van der Waals surface area (Å²) in [5.41, 5.74) is 6.86. The van der Waals surface area contributed by atoms with Crippen LogP contribution in [0.3, 0.4) is 0 Å². The monoisotopic (exact) mass is 330 g/mol. The van der Waals surface area contributed by atoms with Crippen LogP contribution in [0.25, 0.3) is 0 Å². The van der Waals surface area contributed by atoms with Gasteiger partial charge in [0, 0.05) is 19.2 Å². The molecule has 0 saturated carbocycles. The first-order chi connectivity index (χ1) is 11.5. The minimum atomic E-state index is -1.02. The van der Waals surface area contributed by atoms with Crippen molar-refractivity contribution in [3.63, 3.8) is 0 Å². The molecule has 1 amide bonds. The molecule has 2 unspecified atom stereocenters. The van der Waals surface area contributed by atoms with E-state index in [0.29, 0.717) is 29.3 Å². The fourth-order valence-electron chi connectivity index (χ4n) is 2.18. The topological polar surface area (TPSA) is 105 Å². The standard InChI is InChI=1S/C18H22N2O4/c1-12(21)20-11-10-17(22)18(23)13-2-6-15(7-3-13)24-16-8-4-14(19)5-9-16/h2-9,17-18,22-23H,10-11,19H2,1H3,(H,20,21). The highest BCUT2D eigenvalue weighted by Gasteiger charge is 2.18. The summed E-state index contributed by atoms with van der Waals surface area (Å²) in [6.45, 7) is 1.72. The average molecular weight is 330 g/mol. The molecule has 0 aromatic heterocycles. The van der Waals surface area contributed by atoms with E-state index < -0.39 is 12.2 Å². The Labute approximate surface area is 140 Å². The predicted molar refractivity (Wildman–Crippen MR) is 91.6 cm³/mol. The van der Waals surface area contributed by atoms with E-state index in [4.69, 9.17) is 10.5 Å². The minimum absolute atomic E-state index is 0.166. The first-order valence-electron chi connectivity index (χ1n) is 7.69. The van der Waals surface area contributed by atoms with Crippen molar-refractivity contribution >= 4 is 11.6 Å². The Morgan fingerprint density at radius 2 is 1.62 bits per heavy atom. The van der Waals surface area contributed by atoms with Gasteiger partial charge < -0.3 is 26.0 Å². The quantitative estimate of drug-likeness (QED) is 0.581. The largest absolute Gasteiger partial charge is 0.457 e. The Morgan fingerprint density at radius 1 is 1.08 bits per heavy atom. The highest BCUT2D eigenvalue weighted by atomic mass is 16.5. The lowest BCUT2D eigenvalue weighted by Crippen LogP contribution is -2.27. The third-order valence-electron chi connectivity index (χ3n) is 3.52. The molecular formula is C18H22N2O4. The van der Waals surface area contributed by atoms with Gasteiger partial charge in [0.1, 0.15) is 17.6 Å². The van der Waals surface area contributed by atoms with Crippen LogP contribution in [0.15, 0.2) is 48.5 Å². The number of aliphatic hydroxyl groups is 2. The molecule has 0 spiro atoms. The number of benzene rings is 2. The van der Waals surface area contributed by atoms with Gasteiger partial charge in [0.15, 0.2) is 0 Å². The van der Waals surface area contributed by atoms with Gasteiger partial charge in [-0.3, -0.25) is 4.79 Å². The van der Waals surface area contributed by atoms with Crippen LogP contribution < -0.4 is 15.8 Å². The number of hydrogen-bond donors (Lipinski definition) is 4. The Morgan fingerprint density at radius 3 is 2.17 bits per heavy atom. The molecule has 6 nitrogen and oxygen atoms in total. The molecule has 2 aromatic carbocycles. The number of carbonyl (C=O) groups is 1. The molecule has 0 fully saturated rings. The van der Waals surface area contributed by atoms with Crippen molar-refractivity contribution < 1.29 is 19.7 Å². The van der Waals surface area contributed by atoms with Crippen LogP contribution in [-0.2, 0) is 4.79 Å². The van der Waals surface area contributed by atoms with E-state index >= 15 is 0 Å². The number of nitrogen functional groups attached to an aromatic ring is 1. The minimum Gasteiger partial charge on any atom is -0.457 e. The molecule has 24 heavy (non-hydrogen) atoms. The van der Waals surface area contributed by atoms with E-state index in [1.165, 1.54) is 6.92 Å². The zero-order valence-electron chi connectivity index (χ0n) is 13.5. The van der Waals surface area contributed by atoms with Crippen LogP contribution in [0.2, 0.25) is 0 Å². The van der Waals surface area contributed by atoms with Gasteiger partial charge in [0.05, 0.1) is 6.10 Å². The Bertz CT molecular complexity index is 656. The molecule has 0 aliphatic heterocycles. The molecule has 2 rings (SSSR count). The number of hydrogen-bond acceptors (Lipinski definition) is 5. The van der Waals surface area contributed by atoms with Gasteiger partial charge in [0.2, 0.25) is 5.91 Å². The van der Waals surface area contributed by atoms with Gasteiger partial charge in [-0.15, -0.1) is 0 Å². The van der Waals surface area contributed by atoms with E-state index in [1.54, 1.807) is 48.5 Å². The lowest BCUT2D eigenvalue weighted by molar-refractivity contribution is -0.119. The molecule has 0 aliphatic carbocycles. The molecule has 0 saturated heterocycles. The van der Waals surface area contributed by atoms with Crippen LogP contribution >= 0.6 is 0 Å². The van der Waals surface area contributed by atoms with Crippen LogP contribution in [-0.4, -0.2) is 28.8 Å². The number of carbonyl (C=O) groups excluding carboxylic acids is 1. The Kier molecular flexibility index (Phi) is 6.17. The highest BCUT2D eigenvalue weighted by molar-refractivity contribution is 5.72. The zero-order chi connectivity index (χ0) is 17.5. The van der Waals surface area contributed by atoms with Crippen molar-refractivity contribution in [2.45, 2.75) is 25.6 Å². The van der Waals surface area contributed by atoms with Crippen LogP contribution in [0.4, 0.5) is 5.69 Å². The van der Waals surface area contributed by atoms with Crippen molar-refractivity contribution in [3.8, 4) is 11.5 Å². The van der Waals surface area contributed by atoms with Gasteiger partial charge >= 0.3 is 0 Å². The number of amides is 1. The fraction of sp³-hybridized carbons (Fsp3) is 0.278. The molecule has 2 atom stereocenters. The van der Waals surface area contributed by atoms with E-state index in [0.717, 1.165) is 0 Å². The summed E-state index contributed by atoms with van der Waals surface area (Å²) in [6.07, 6.45) is -1.71. The second kappa shape index (κ2) is 8.33. The summed E-state index contributed by atoms with van der Waals surface area (Å²) in [6, 6.07) is 13.9. The highest BCUT2D eigenvalue weighted by Crippen LogP contribution is 2.25. The van der Waals surface area contributed by atoms with E-state index in [1.807, 2.05) is 0 Å². The van der Waals surface area contributed by atoms with Gasteiger partial charge in [-0.2, -0.15) is 0 Å². The molecule has 0 radical (unpaired) electrons. The number of rotatable bonds is 7. The maximum atomic E-state index is 10.8. The van der Waals surface area contributed by atoms with Crippen molar-refractivity contribution in [2.24, 2.45) is 0 Å². The van der Waals surface area contributed by atoms with Crippen LogP contribution in [0, 0.1) is 0 Å². The number of nitrogens with one attached hydrogen (secondary N) is 1. The molecule has 0 bridgehead atoms. The van der Waals surface area contributed by atoms with Gasteiger partial charge in [-0.1, -0.05) is 12.1 Å². The van der Waals surface area contributed by atoms with Gasteiger partial charge in [-0.25, -0.2) is 0 Å². The predicted octanol–water partition coefficient (Wildman–Crippen LogP) is 1.98. The second-order valence-corrected chi connectivity index (χ2v) is 5.52. The number of ether oxygens (including phenoxy) is 1. The SMILES string of the molecule is CC(=O)NCCC(O)C(O)c1ccc(Oc2ccc(N)cc2)cc1. The third-order valence-corrected chi connectivity index (χ3v) is 3.52. The number of aliphatic hydroxyl groups excluding tert-OH is 2. The average Bonchev–Trinajstić information content (AvgIpc) is 2.56. The molecule has 2 aromatic rings. The molecule has 6 heteroatoms. The summed E-state index contributed by atoms with van der Waals surface area (Å²) in [4.78, 5) is 10.8. The molecule has 0 heterocycles. The number of anilines is 1. The lowest BCUT2D eigenvalue weighted by atomic mass is 10.0. The van der Waals surface area contributed by atoms with Crippen molar-refractivity contribution in [1.82, 2.24) is 5.32 Å². The second-order valence-electron chi connectivity index (χ2n) is 5.52. The summed E-state index contributed by atoms with van der Waals surface area (Å²) in [7, 11) is 0. The number of nitrogens with two attached hydrogens (primary N) is 1. The van der Waals surface area contributed by atoms with Crippen molar-refractivity contribution in [1.29, 1.82) is 0 Å². The molecule has 128 valence electrons. The van der Waals surface area contributed by atoms with E-state index in [9.17, 15) is 15.0 Å². The third kappa shape index (κ3) is 5.26. The van der Waals surface area contributed by atoms with E-state index in [2.05, 4.69) is 5.32 Å². The van der Waals surface area contributed by atoms with Gasteiger partial charge in [0.25, 0.3) is 0 Å². The van der Waals surface area contributed by atoms with Crippen LogP contribution in [0.5, 0.6) is 11.5 Å².